The highest BCUT2D eigenvalue weighted by Gasteiger charge is 2.67. The zero-order valence-corrected chi connectivity index (χ0v) is 18.7. The molecule has 6 fully saturated rings. The third-order valence-corrected chi connectivity index (χ3v) is 9.63. The van der Waals surface area contributed by atoms with Gasteiger partial charge in [0, 0.05) is 17.7 Å². The minimum Gasteiger partial charge on any atom is -0.328 e. The average molecular weight is 419 g/mol. The molecule has 0 saturated heterocycles. The molecule has 6 aliphatic carbocycles. The zero-order valence-electron chi connectivity index (χ0n) is 17.9. The molecule has 0 heterocycles. The Hall–Kier alpha value is -1.32. The first-order valence-electron chi connectivity index (χ1n) is 12.2. The van der Waals surface area contributed by atoms with Crippen LogP contribution in [0.5, 0.6) is 0 Å². The van der Waals surface area contributed by atoms with Gasteiger partial charge in [0.15, 0.2) is 0 Å². The van der Waals surface area contributed by atoms with E-state index in [1.165, 1.54) is 51.4 Å². The number of nitrogens with two attached hydrogens (primary N) is 1. The van der Waals surface area contributed by atoms with E-state index in [2.05, 4.69) is 42.6 Å². The summed E-state index contributed by atoms with van der Waals surface area (Å²) in [6.45, 7) is 0. The summed E-state index contributed by atoms with van der Waals surface area (Å²) in [7, 11) is 0. The lowest BCUT2D eigenvalue weighted by Crippen LogP contribution is -2.36. The smallest absolute Gasteiger partial charge is 0.109 e. The molecule has 1 aromatic rings. The Balaban J connectivity index is 1.31. The van der Waals surface area contributed by atoms with Gasteiger partial charge in [-0.05, 0) is 98.9 Å². The first kappa shape index (κ1) is 19.4. The quantitative estimate of drug-likeness (QED) is 0.370. The van der Waals surface area contributed by atoms with E-state index in [4.69, 9.17) is 22.9 Å². The van der Waals surface area contributed by atoms with Crippen molar-refractivity contribution in [2.24, 2.45) is 39.8 Å². The van der Waals surface area contributed by atoms with E-state index in [1.807, 2.05) is 0 Å². The summed E-state index contributed by atoms with van der Waals surface area (Å²) in [4.78, 5) is 6.05. The van der Waals surface area contributed by atoms with Gasteiger partial charge in [-0.25, -0.2) is 0 Å². The van der Waals surface area contributed by atoms with Gasteiger partial charge < -0.3 is 5.73 Å². The molecule has 0 aromatic heterocycles. The standard InChI is InChI=1S/C27H34N2S/c28-22-10-8-19(9-11-22)16-29-25(30)27-14-20-13-26(17-27,21-4-2-1-3-5-21)15-24(27)23(20)12-18-6-7-18/h1-5,12,16,18-20,22,24H,6-11,13-15,17,28H2/b23-12-,29-16+. The first-order valence-corrected chi connectivity index (χ1v) is 12.6. The van der Waals surface area contributed by atoms with Crippen molar-refractivity contribution < 1.29 is 0 Å². The van der Waals surface area contributed by atoms with Crippen LogP contribution in [0.4, 0.5) is 0 Å². The maximum atomic E-state index is 6.14. The van der Waals surface area contributed by atoms with Crippen LogP contribution in [0.25, 0.3) is 0 Å². The summed E-state index contributed by atoms with van der Waals surface area (Å²) in [5, 5.41) is 0. The molecule has 6 aliphatic rings. The van der Waals surface area contributed by atoms with Crippen LogP contribution in [-0.4, -0.2) is 17.2 Å². The second kappa shape index (κ2) is 7.10. The van der Waals surface area contributed by atoms with Gasteiger partial charge in [-0.3, -0.25) is 4.99 Å². The summed E-state index contributed by atoms with van der Waals surface area (Å²) >= 11 is 6.14. The SMILES string of the molecule is NC1CCC(/C=N/C(=S)C23CC4CC(c5ccccc5)(CC2/C4=C\C2CC2)C3)CC1. The van der Waals surface area contributed by atoms with Crippen LogP contribution in [0.1, 0.15) is 69.8 Å². The lowest BCUT2D eigenvalue weighted by atomic mass is 9.63. The first-order chi connectivity index (χ1) is 14.6. The van der Waals surface area contributed by atoms with Gasteiger partial charge in [0.25, 0.3) is 0 Å². The van der Waals surface area contributed by atoms with E-state index < -0.39 is 0 Å². The fraction of sp³-hybridized carbons (Fsp3) is 0.630. The van der Waals surface area contributed by atoms with Crippen LogP contribution in [0.3, 0.4) is 0 Å². The normalized spacial score (nSPS) is 43.7. The lowest BCUT2D eigenvalue weighted by molar-refractivity contribution is 0.238. The highest BCUT2D eigenvalue weighted by Crippen LogP contribution is 2.73. The minimum absolute atomic E-state index is 0.121. The molecule has 0 radical (unpaired) electrons. The molecule has 3 heteroatoms. The van der Waals surface area contributed by atoms with Crippen LogP contribution in [0.15, 0.2) is 47.0 Å². The van der Waals surface area contributed by atoms with Gasteiger partial charge >= 0.3 is 0 Å². The maximum absolute atomic E-state index is 6.14. The Morgan fingerprint density at radius 1 is 0.967 bits per heavy atom. The summed E-state index contributed by atoms with van der Waals surface area (Å²) < 4.78 is 0. The fourth-order valence-corrected chi connectivity index (χ4v) is 7.88. The minimum atomic E-state index is 0.121. The second-order valence-corrected chi connectivity index (χ2v) is 11.5. The molecule has 0 spiro atoms. The average Bonchev–Trinajstić information content (AvgIpc) is 3.52. The van der Waals surface area contributed by atoms with Gasteiger partial charge in [0.2, 0.25) is 0 Å². The third kappa shape index (κ3) is 3.07. The maximum Gasteiger partial charge on any atom is 0.109 e. The molecule has 1 aromatic carbocycles. The number of rotatable bonds is 4. The van der Waals surface area contributed by atoms with Crippen LogP contribution >= 0.6 is 12.2 Å². The number of hydrogen-bond donors (Lipinski definition) is 1. The van der Waals surface area contributed by atoms with Crippen LogP contribution in [0, 0.1) is 29.1 Å². The second-order valence-electron chi connectivity index (χ2n) is 11.1. The van der Waals surface area contributed by atoms with Crippen LogP contribution in [0.2, 0.25) is 0 Å². The Morgan fingerprint density at radius 2 is 1.70 bits per heavy atom. The predicted molar refractivity (Wildman–Crippen MR) is 128 cm³/mol. The van der Waals surface area contributed by atoms with Gasteiger partial charge in [-0.15, -0.1) is 0 Å². The Morgan fingerprint density at radius 3 is 2.43 bits per heavy atom. The van der Waals surface area contributed by atoms with Gasteiger partial charge in [-0.1, -0.05) is 54.2 Å². The largest absolute Gasteiger partial charge is 0.328 e. The van der Waals surface area contributed by atoms with E-state index in [0.29, 0.717) is 23.3 Å². The van der Waals surface area contributed by atoms with Gasteiger partial charge in [0.05, 0.1) is 0 Å². The molecule has 6 saturated carbocycles. The van der Waals surface area contributed by atoms with Crippen molar-refractivity contribution in [2.75, 3.05) is 0 Å². The number of allylic oxidation sites excluding steroid dienone is 2. The summed E-state index contributed by atoms with van der Waals surface area (Å²) in [5.74, 6) is 2.77. The van der Waals surface area contributed by atoms with Gasteiger partial charge in [0.1, 0.15) is 4.99 Å². The van der Waals surface area contributed by atoms with E-state index in [1.54, 1.807) is 11.1 Å². The monoisotopic (exact) mass is 418 g/mol. The molecule has 4 bridgehead atoms. The van der Waals surface area contributed by atoms with Crippen molar-refractivity contribution in [3.63, 3.8) is 0 Å². The molecule has 2 N–H and O–H groups in total. The number of hydrogen-bond acceptors (Lipinski definition) is 2. The Bertz CT molecular complexity index is 893. The number of aliphatic imine (C=N–C) groups is 1. The molecular weight excluding hydrogens is 384 g/mol. The van der Waals surface area contributed by atoms with Crippen molar-refractivity contribution >= 4 is 23.4 Å². The van der Waals surface area contributed by atoms with E-state index in [-0.39, 0.29) is 5.41 Å². The summed E-state index contributed by atoms with van der Waals surface area (Å²) in [6, 6.07) is 11.7. The molecule has 7 rings (SSSR count). The Labute approximate surface area is 186 Å². The number of benzene rings is 1. The predicted octanol–water partition coefficient (Wildman–Crippen LogP) is 6.00. The van der Waals surface area contributed by atoms with E-state index >= 15 is 0 Å². The lowest BCUT2D eigenvalue weighted by Gasteiger charge is -2.41. The molecule has 4 atom stereocenters. The highest BCUT2D eigenvalue weighted by molar-refractivity contribution is 7.80. The third-order valence-electron chi connectivity index (χ3n) is 9.12. The van der Waals surface area contributed by atoms with Crippen molar-refractivity contribution in [1.29, 1.82) is 0 Å². The molecule has 158 valence electrons. The summed E-state index contributed by atoms with van der Waals surface area (Å²) in [5.41, 5.74) is 9.84. The highest BCUT2D eigenvalue weighted by atomic mass is 32.1. The van der Waals surface area contributed by atoms with E-state index in [0.717, 1.165) is 29.7 Å². The molecule has 4 unspecified atom stereocenters. The molecule has 2 nitrogen and oxygen atoms in total. The van der Waals surface area contributed by atoms with Crippen molar-refractivity contribution in [3.05, 3.63) is 47.5 Å². The van der Waals surface area contributed by atoms with Crippen LogP contribution < -0.4 is 5.73 Å². The van der Waals surface area contributed by atoms with Gasteiger partial charge in [-0.2, -0.15) is 0 Å². The molecule has 0 aliphatic heterocycles. The van der Waals surface area contributed by atoms with Crippen molar-refractivity contribution in [2.45, 2.75) is 75.7 Å². The topological polar surface area (TPSA) is 38.4 Å². The van der Waals surface area contributed by atoms with Crippen molar-refractivity contribution in [3.8, 4) is 0 Å². The zero-order chi connectivity index (χ0) is 20.3. The number of thiocarbonyl (C=S) groups is 1. The summed E-state index contributed by atoms with van der Waals surface area (Å²) in [6.07, 6.45) is 17.3. The van der Waals surface area contributed by atoms with E-state index in [9.17, 15) is 0 Å². The van der Waals surface area contributed by atoms with Crippen LogP contribution in [-0.2, 0) is 5.41 Å². The Kier molecular flexibility index (Phi) is 4.58. The molecular formula is C27H34N2S. The fourth-order valence-electron chi connectivity index (χ4n) is 7.52. The molecule has 0 amide bonds. The number of nitrogens with zero attached hydrogens (tertiary/aromatic N) is 1. The van der Waals surface area contributed by atoms with Crippen molar-refractivity contribution in [1.82, 2.24) is 0 Å². The molecule has 30 heavy (non-hydrogen) atoms.